The molecule has 2 aliphatic rings. The number of nitrogens with one attached hydrogen (secondary N) is 1. The minimum absolute atomic E-state index is 0.102. The lowest BCUT2D eigenvalue weighted by Gasteiger charge is -2.27. The van der Waals surface area contributed by atoms with Crippen LogP contribution in [-0.4, -0.2) is 36.0 Å². The number of ether oxygens (including phenoxy) is 1. The molecule has 0 saturated carbocycles. The molecule has 2 heterocycles. The summed E-state index contributed by atoms with van der Waals surface area (Å²) in [6, 6.07) is 15.4. The zero-order valence-corrected chi connectivity index (χ0v) is 15.6. The molecular weight excluding hydrogens is 352 g/mol. The van der Waals surface area contributed by atoms with Crippen LogP contribution in [0.3, 0.4) is 0 Å². The molecule has 1 atom stereocenters. The van der Waals surface area contributed by atoms with Gasteiger partial charge in [-0.15, -0.1) is 0 Å². The molecule has 0 aliphatic carbocycles. The van der Waals surface area contributed by atoms with E-state index in [0.717, 1.165) is 36.1 Å². The van der Waals surface area contributed by atoms with Crippen LogP contribution in [0.15, 0.2) is 48.5 Å². The molecular formula is C23H22N2O3. The smallest absolute Gasteiger partial charge is 0.299 e. The number of hydrogen-bond donors (Lipinski definition) is 1. The summed E-state index contributed by atoms with van der Waals surface area (Å²) < 4.78 is 5.43. The maximum absolute atomic E-state index is 12.5. The second-order valence-corrected chi connectivity index (χ2v) is 7.07. The van der Waals surface area contributed by atoms with Gasteiger partial charge in [0.15, 0.2) is 0 Å². The summed E-state index contributed by atoms with van der Waals surface area (Å²) in [7, 11) is 0. The predicted octanol–water partition coefficient (Wildman–Crippen LogP) is 2.74. The van der Waals surface area contributed by atoms with E-state index in [2.05, 4.69) is 17.2 Å². The minimum Gasteiger partial charge on any atom is -0.368 e. The zero-order valence-electron chi connectivity index (χ0n) is 15.6. The maximum atomic E-state index is 12.5. The van der Waals surface area contributed by atoms with Gasteiger partial charge in [-0.05, 0) is 54.7 Å². The number of anilines is 1. The van der Waals surface area contributed by atoms with Crippen molar-refractivity contribution in [1.29, 1.82) is 0 Å². The van der Waals surface area contributed by atoms with E-state index < -0.39 is 0 Å². The van der Waals surface area contributed by atoms with E-state index in [1.165, 1.54) is 5.56 Å². The van der Waals surface area contributed by atoms with Crippen LogP contribution in [0, 0.1) is 11.8 Å². The number of carbonyl (C=O) groups excluding carboxylic acids is 2. The zero-order chi connectivity index (χ0) is 19.3. The average molecular weight is 374 g/mol. The summed E-state index contributed by atoms with van der Waals surface area (Å²) in [6.45, 7) is 1.79. The lowest BCUT2D eigenvalue weighted by Crippen LogP contribution is -2.35. The summed E-state index contributed by atoms with van der Waals surface area (Å²) in [5, 5.41) is 2.93. The lowest BCUT2D eigenvalue weighted by molar-refractivity contribution is -0.126. The highest BCUT2D eigenvalue weighted by molar-refractivity contribution is 5.95. The van der Waals surface area contributed by atoms with Crippen molar-refractivity contribution in [1.82, 2.24) is 4.90 Å². The quantitative estimate of drug-likeness (QED) is 0.823. The topological polar surface area (TPSA) is 58.6 Å². The van der Waals surface area contributed by atoms with Crippen molar-refractivity contribution < 1.29 is 14.3 Å². The molecule has 1 saturated heterocycles. The van der Waals surface area contributed by atoms with Crippen molar-refractivity contribution in [2.45, 2.75) is 31.9 Å². The molecule has 2 aromatic rings. The summed E-state index contributed by atoms with van der Waals surface area (Å²) in [5.74, 6) is 5.38. The van der Waals surface area contributed by atoms with Gasteiger partial charge >= 0.3 is 0 Å². The molecule has 1 N–H and O–H groups in total. The summed E-state index contributed by atoms with van der Waals surface area (Å²) in [6.07, 6.45) is 2.11. The van der Waals surface area contributed by atoms with Gasteiger partial charge in [0.05, 0.1) is 0 Å². The molecule has 4 rings (SSSR count). The molecule has 142 valence electrons. The Kier molecular flexibility index (Phi) is 5.41. The van der Waals surface area contributed by atoms with E-state index in [1.807, 2.05) is 48.5 Å². The highest BCUT2D eigenvalue weighted by atomic mass is 16.5. The van der Waals surface area contributed by atoms with Crippen LogP contribution in [0.4, 0.5) is 5.69 Å². The van der Waals surface area contributed by atoms with Crippen molar-refractivity contribution in [2.24, 2.45) is 0 Å². The summed E-state index contributed by atoms with van der Waals surface area (Å²) >= 11 is 0. The minimum atomic E-state index is -0.359. The molecule has 5 heteroatoms. The lowest BCUT2D eigenvalue weighted by atomic mass is 9.99. The fourth-order valence-corrected chi connectivity index (χ4v) is 3.54. The van der Waals surface area contributed by atoms with Crippen LogP contribution in [0.1, 0.15) is 29.5 Å². The first-order valence-corrected chi connectivity index (χ1v) is 9.59. The van der Waals surface area contributed by atoms with Crippen molar-refractivity contribution in [3.8, 4) is 11.8 Å². The SMILES string of the molecule is O=C(Nc1ccc2c(c1)CN(C(=O)C#Cc1ccccc1)CC2)C1CCCO1. The number of nitrogens with zero attached hydrogens (tertiary/aromatic N) is 1. The first kappa shape index (κ1) is 18.3. The second-order valence-electron chi connectivity index (χ2n) is 7.07. The standard InChI is InChI=1S/C23H22N2O3/c26-22(11-8-17-5-2-1-3-6-17)25-13-12-18-9-10-20(15-19(18)16-25)24-23(27)21-7-4-14-28-21/h1-3,5-6,9-10,15,21H,4,7,12-14,16H2,(H,24,27). The van der Waals surface area contributed by atoms with Gasteiger partial charge in [0.2, 0.25) is 0 Å². The van der Waals surface area contributed by atoms with Gasteiger partial charge in [-0.1, -0.05) is 30.2 Å². The number of benzene rings is 2. The second kappa shape index (κ2) is 8.28. The third-order valence-electron chi connectivity index (χ3n) is 5.08. The highest BCUT2D eigenvalue weighted by Gasteiger charge is 2.24. The van der Waals surface area contributed by atoms with Crippen molar-refractivity contribution in [3.63, 3.8) is 0 Å². The van der Waals surface area contributed by atoms with E-state index in [9.17, 15) is 9.59 Å². The molecule has 0 aromatic heterocycles. The highest BCUT2D eigenvalue weighted by Crippen LogP contribution is 2.23. The molecule has 0 bridgehead atoms. The maximum Gasteiger partial charge on any atom is 0.299 e. The number of rotatable bonds is 2. The molecule has 2 aromatic carbocycles. The fourth-order valence-electron chi connectivity index (χ4n) is 3.54. The van der Waals surface area contributed by atoms with E-state index in [1.54, 1.807) is 4.90 Å². The first-order chi connectivity index (χ1) is 13.7. The van der Waals surface area contributed by atoms with E-state index in [-0.39, 0.29) is 17.9 Å². The molecule has 1 unspecified atom stereocenters. The third kappa shape index (κ3) is 4.24. The molecule has 1 fully saturated rings. The van der Waals surface area contributed by atoms with Crippen LogP contribution in [0.2, 0.25) is 0 Å². The fraction of sp³-hybridized carbons (Fsp3) is 0.304. The summed E-state index contributed by atoms with van der Waals surface area (Å²) in [5.41, 5.74) is 3.82. The Bertz CT molecular complexity index is 937. The third-order valence-corrected chi connectivity index (χ3v) is 5.08. The van der Waals surface area contributed by atoms with E-state index >= 15 is 0 Å². The van der Waals surface area contributed by atoms with Crippen molar-refractivity contribution in [3.05, 3.63) is 65.2 Å². The molecule has 2 amide bonds. The van der Waals surface area contributed by atoms with E-state index in [0.29, 0.717) is 19.7 Å². The first-order valence-electron chi connectivity index (χ1n) is 9.59. The molecule has 5 nitrogen and oxygen atoms in total. The van der Waals surface area contributed by atoms with Gasteiger partial charge in [-0.3, -0.25) is 9.59 Å². The van der Waals surface area contributed by atoms with Crippen LogP contribution in [0.5, 0.6) is 0 Å². The number of fused-ring (bicyclic) bond motifs is 1. The number of carbonyl (C=O) groups is 2. The Morgan fingerprint density at radius 1 is 1.11 bits per heavy atom. The van der Waals surface area contributed by atoms with Gasteiger partial charge in [0.25, 0.3) is 11.8 Å². The van der Waals surface area contributed by atoms with Crippen LogP contribution < -0.4 is 5.32 Å². The van der Waals surface area contributed by atoms with Crippen LogP contribution in [-0.2, 0) is 27.3 Å². The Balaban J connectivity index is 1.43. The number of hydrogen-bond acceptors (Lipinski definition) is 3. The average Bonchev–Trinajstić information content (AvgIpc) is 3.27. The van der Waals surface area contributed by atoms with Gasteiger partial charge < -0.3 is 15.0 Å². The van der Waals surface area contributed by atoms with Crippen molar-refractivity contribution >= 4 is 17.5 Å². The molecule has 0 spiro atoms. The Hall–Kier alpha value is -3.10. The normalized spacial score (nSPS) is 18.0. The predicted molar refractivity (Wildman–Crippen MR) is 106 cm³/mol. The van der Waals surface area contributed by atoms with Crippen LogP contribution >= 0.6 is 0 Å². The molecule has 2 aliphatic heterocycles. The Morgan fingerprint density at radius 2 is 1.96 bits per heavy atom. The van der Waals surface area contributed by atoms with Gasteiger partial charge in [-0.25, -0.2) is 0 Å². The van der Waals surface area contributed by atoms with Crippen LogP contribution in [0.25, 0.3) is 0 Å². The monoisotopic (exact) mass is 374 g/mol. The Labute approximate surface area is 164 Å². The van der Waals surface area contributed by atoms with Gasteiger partial charge in [0, 0.05) is 36.9 Å². The molecule has 0 radical (unpaired) electrons. The van der Waals surface area contributed by atoms with E-state index in [4.69, 9.17) is 4.74 Å². The van der Waals surface area contributed by atoms with Gasteiger partial charge in [0.1, 0.15) is 6.10 Å². The molecule has 28 heavy (non-hydrogen) atoms. The summed E-state index contributed by atoms with van der Waals surface area (Å²) in [4.78, 5) is 26.5. The Morgan fingerprint density at radius 3 is 2.75 bits per heavy atom. The van der Waals surface area contributed by atoms with Gasteiger partial charge in [-0.2, -0.15) is 0 Å². The largest absolute Gasteiger partial charge is 0.368 e. The van der Waals surface area contributed by atoms with Crippen molar-refractivity contribution in [2.75, 3.05) is 18.5 Å². The number of amides is 2.